The van der Waals surface area contributed by atoms with Crippen LogP contribution in [0.25, 0.3) is 5.52 Å². The van der Waals surface area contributed by atoms with Crippen LogP contribution in [0.15, 0.2) is 47.2 Å². The SMILES string of the molecule is COC(=O)c1cc(C)ccc1N(C)C(=O)c1ccn2ncc(Br)c2c1. The number of amides is 1. The normalized spacial score (nSPS) is 10.7. The Hall–Kier alpha value is -2.67. The van der Waals surface area contributed by atoms with E-state index in [1.165, 1.54) is 12.0 Å². The van der Waals surface area contributed by atoms with Crippen molar-refractivity contribution in [1.29, 1.82) is 0 Å². The van der Waals surface area contributed by atoms with Crippen molar-refractivity contribution in [2.45, 2.75) is 6.92 Å². The second-order valence-corrected chi connectivity index (χ2v) is 6.47. The van der Waals surface area contributed by atoms with E-state index in [1.54, 1.807) is 48.2 Å². The monoisotopic (exact) mass is 401 g/mol. The number of hydrogen-bond acceptors (Lipinski definition) is 4. The van der Waals surface area contributed by atoms with Crippen LogP contribution in [0, 0.1) is 6.92 Å². The first-order valence-electron chi connectivity index (χ1n) is 7.52. The molecule has 3 aromatic rings. The fourth-order valence-corrected chi connectivity index (χ4v) is 2.99. The topological polar surface area (TPSA) is 63.9 Å². The molecule has 0 bridgehead atoms. The number of ether oxygens (including phenoxy) is 1. The van der Waals surface area contributed by atoms with Crippen molar-refractivity contribution < 1.29 is 14.3 Å². The number of nitrogens with zero attached hydrogens (tertiary/aromatic N) is 3. The molecular weight excluding hydrogens is 386 g/mol. The summed E-state index contributed by atoms with van der Waals surface area (Å²) in [6.07, 6.45) is 3.39. The minimum Gasteiger partial charge on any atom is -0.465 e. The molecule has 7 heteroatoms. The van der Waals surface area contributed by atoms with Gasteiger partial charge in [0, 0.05) is 18.8 Å². The summed E-state index contributed by atoms with van der Waals surface area (Å²) in [5, 5.41) is 4.16. The molecule has 0 saturated carbocycles. The number of benzene rings is 1. The van der Waals surface area contributed by atoms with Crippen LogP contribution in [-0.4, -0.2) is 35.6 Å². The first-order chi connectivity index (χ1) is 11.9. The van der Waals surface area contributed by atoms with E-state index < -0.39 is 5.97 Å². The summed E-state index contributed by atoms with van der Waals surface area (Å²) in [7, 11) is 2.95. The number of methoxy groups -OCH3 is 1. The highest BCUT2D eigenvalue weighted by molar-refractivity contribution is 9.10. The van der Waals surface area contributed by atoms with Gasteiger partial charge in [0.1, 0.15) is 0 Å². The average Bonchev–Trinajstić information content (AvgIpc) is 3.00. The van der Waals surface area contributed by atoms with E-state index in [9.17, 15) is 9.59 Å². The highest BCUT2D eigenvalue weighted by Gasteiger charge is 2.21. The third-order valence-corrected chi connectivity index (χ3v) is 4.56. The molecule has 0 aliphatic rings. The number of aryl methyl sites for hydroxylation is 1. The van der Waals surface area contributed by atoms with Gasteiger partial charge in [-0.05, 0) is 47.1 Å². The second kappa shape index (κ2) is 6.68. The molecule has 6 nitrogen and oxygen atoms in total. The summed E-state index contributed by atoms with van der Waals surface area (Å²) in [5.41, 5.74) is 3.04. The van der Waals surface area contributed by atoms with Crippen molar-refractivity contribution >= 4 is 39.0 Å². The Labute approximate surface area is 153 Å². The number of esters is 1. The number of fused-ring (bicyclic) bond motifs is 1. The molecule has 25 heavy (non-hydrogen) atoms. The third kappa shape index (κ3) is 3.15. The molecule has 1 amide bonds. The molecule has 1 aromatic carbocycles. The highest BCUT2D eigenvalue weighted by atomic mass is 79.9. The highest BCUT2D eigenvalue weighted by Crippen LogP contribution is 2.25. The molecule has 0 aliphatic heterocycles. The van der Waals surface area contributed by atoms with Gasteiger partial charge in [-0.2, -0.15) is 5.10 Å². The molecule has 0 saturated heterocycles. The first kappa shape index (κ1) is 17.2. The number of hydrogen-bond donors (Lipinski definition) is 0. The van der Waals surface area contributed by atoms with Crippen molar-refractivity contribution in [3.63, 3.8) is 0 Å². The molecule has 2 aromatic heterocycles. The van der Waals surface area contributed by atoms with Crippen LogP contribution in [0.5, 0.6) is 0 Å². The van der Waals surface area contributed by atoms with Crippen LogP contribution in [0.2, 0.25) is 0 Å². The Morgan fingerprint density at radius 2 is 2.00 bits per heavy atom. The lowest BCUT2D eigenvalue weighted by molar-refractivity contribution is 0.0601. The van der Waals surface area contributed by atoms with Gasteiger partial charge >= 0.3 is 5.97 Å². The lowest BCUT2D eigenvalue weighted by Gasteiger charge is -2.20. The van der Waals surface area contributed by atoms with E-state index in [0.29, 0.717) is 16.8 Å². The number of rotatable bonds is 3. The Balaban J connectivity index is 2.02. The smallest absolute Gasteiger partial charge is 0.339 e. The van der Waals surface area contributed by atoms with E-state index >= 15 is 0 Å². The number of pyridine rings is 1. The maximum Gasteiger partial charge on any atom is 0.339 e. The quantitative estimate of drug-likeness (QED) is 0.630. The summed E-state index contributed by atoms with van der Waals surface area (Å²) >= 11 is 3.41. The third-order valence-electron chi connectivity index (χ3n) is 3.94. The molecule has 3 rings (SSSR count). The Bertz CT molecular complexity index is 981. The van der Waals surface area contributed by atoms with Crippen LogP contribution in [-0.2, 0) is 4.74 Å². The standard InChI is InChI=1S/C18H16BrN3O3/c1-11-4-5-15(13(8-11)18(24)25-3)21(2)17(23)12-6-7-22-16(9-12)14(19)10-20-22/h4-10H,1-3H3. The van der Waals surface area contributed by atoms with Crippen molar-refractivity contribution in [3.8, 4) is 0 Å². The summed E-state index contributed by atoms with van der Waals surface area (Å²) in [4.78, 5) is 26.4. The molecule has 0 radical (unpaired) electrons. The van der Waals surface area contributed by atoms with Gasteiger partial charge < -0.3 is 9.64 Å². The van der Waals surface area contributed by atoms with Gasteiger partial charge in [0.25, 0.3) is 5.91 Å². The minimum atomic E-state index is -0.479. The van der Waals surface area contributed by atoms with E-state index in [0.717, 1.165) is 15.6 Å². The molecule has 128 valence electrons. The molecule has 0 spiro atoms. The van der Waals surface area contributed by atoms with Crippen LogP contribution < -0.4 is 4.90 Å². The zero-order chi connectivity index (χ0) is 18.1. The maximum absolute atomic E-state index is 12.9. The molecule has 0 N–H and O–H groups in total. The van der Waals surface area contributed by atoms with Gasteiger partial charge in [-0.1, -0.05) is 11.6 Å². The molecule has 0 fully saturated rings. The van der Waals surface area contributed by atoms with Gasteiger partial charge in [-0.15, -0.1) is 0 Å². The fraction of sp³-hybridized carbons (Fsp3) is 0.167. The number of halogens is 1. The Kier molecular flexibility index (Phi) is 4.59. The van der Waals surface area contributed by atoms with Crippen molar-refractivity contribution in [2.24, 2.45) is 0 Å². The lowest BCUT2D eigenvalue weighted by atomic mass is 10.1. The molecule has 0 aliphatic carbocycles. The Morgan fingerprint density at radius 1 is 1.24 bits per heavy atom. The van der Waals surface area contributed by atoms with Crippen LogP contribution in [0.1, 0.15) is 26.3 Å². The van der Waals surface area contributed by atoms with E-state index in [2.05, 4.69) is 21.0 Å². The van der Waals surface area contributed by atoms with E-state index in [-0.39, 0.29) is 5.91 Å². The largest absolute Gasteiger partial charge is 0.465 e. The van der Waals surface area contributed by atoms with Crippen LogP contribution >= 0.6 is 15.9 Å². The zero-order valence-electron chi connectivity index (χ0n) is 14.0. The minimum absolute atomic E-state index is 0.232. The predicted octanol–water partition coefficient (Wildman–Crippen LogP) is 3.47. The second-order valence-electron chi connectivity index (χ2n) is 5.61. The lowest BCUT2D eigenvalue weighted by Crippen LogP contribution is -2.28. The van der Waals surface area contributed by atoms with E-state index in [1.807, 2.05) is 13.0 Å². The number of carbonyl (C=O) groups excluding carboxylic acids is 2. The summed E-state index contributed by atoms with van der Waals surface area (Å²) in [6.45, 7) is 1.88. The van der Waals surface area contributed by atoms with Gasteiger partial charge in [-0.3, -0.25) is 4.79 Å². The first-order valence-corrected chi connectivity index (χ1v) is 8.31. The summed E-state index contributed by atoms with van der Waals surface area (Å²) in [5.74, 6) is -0.711. The van der Waals surface area contributed by atoms with Crippen molar-refractivity contribution in [1.82, 2.24) is 9.61 Å². The van der Waals surface area contributed by atoms with E-state index in [4.69, 9.17) is 4.74 Å². The van der Waals surface area contributed by atoms with Crippen molar-refractivity contribution in [2.75, 3.05) is 19.1 Å². The zero-order valence-corrected chi connectivity index (χ0v) is 15.6. The van der Waals surface area contributed by atoms with Crippen LogP contribution in [0.4, 0.5) is 5.69 Å². The molecule has 0 atom stereocenters. The number of aromatic nitrogens is 2. The number of anilines is 1. The van der Waals surface area contributed by atoms with Gasteiger partial charge in [0.15, 0.2) is 0 Å². The number of carbonyl (C=O) groups is 2. The molecular formula is C18H16BrN3O3. The average molecular weight is 402 g/mol. The summed E-state index contributed by atoms with van der Waals surface area (Å²) < 4.78 is 7.31. The predicted molar refractivity (Wildman–Crippen MR) is 98.1 cm³/mol. The molecule has 0 unspecified atom stereocenters. The Morgan fingerprint density at radius 3 is 2.72 bits per heavy atom. The van der Waals surface area contributed by atoms with Gasteiger partial charge in [0.05, 0.1) is 34.5 Å². The maximum atomic E-state index is 12.9. The van der Waals surface area contributed by atoms with Crippen LogP contribution in [0.3, 0.4) is 0 Å². The van der Waals surface area contributed by atoms with Crippen molar-refractivity contribution in [3.05, 3.63) is 63.9 Å². The fourth-order valence-electron chi connectivity index (χ4n) is 2.60. The van der Waals surface area contributed by atoms with Gasteiger partial charge in [-0.25, -0.2) is 9.31 Å². The van der Waals surface area contributed by atoms with Gasteiger partial charge in [0.2, 0.25) is 0 Å². The molecule has 2 heterocycles. The summed E-state index contributed by atoms with van der Waals surface area (Å²) in [6, 6.07) is 8.75.